The zero-order chi connectivity index (χ0) is 14.3. The minimum Gasteiger partial charge on any atom is -0.305 e. The van der Waals surface area contributed by atoms with Gasteiger partial charge in [0.05, 0.1) is 5.02 Å². The Bertz CT molecular complexity index is 809. The first kappa shape index (κ1) is 12.7. The summed E-state index contributed by atoms with van der Waals surface area (Å²) >= 11 is 5.83. The number of benzene rings is 1. The molecule has 0 radical (unpaired) electrons. The summed E-state index contributed by atoms with van der Waals surface area (Å²) in [6.45, 7) is 0. The molecular weight excluding hydrogens is 286 g/mol. The fourth-order valence-corrected chi connectivity index (χ4v) is 2.08. The van der Waals surface area contributed by atoms with Crippen LogP contribution in [0.5, 0.6) is 0 Å². The maximum atomic E-state index is 13.1. The predicted molar refractivity (Wildman–Crippen MR) is 70.0 cm³/mol. The Morgan fingerprint density at radius 3 is 2.50 bits per heavy atom. The van der Waals surface area contributed by atoms with E-state index in [4.69, 9.17) is 11.6 Å². The molecule has 2 heterocycles. The van der Waals surface area contributed by atoms with Crippen molar-refractivity contribution in [2.24, 2.45) is 0 Å². The quantitative estimate of drug-likeness (QED) is 0.678. The summed E-state index contributed by atoms with van der Waals surface area (Å²) in [5, 5.41) is 0.491. The highest BCUT2D eigenvalue weighted by Gasteiger charge is 2.15. The molecule has 3 nitrogen and oxygen atoms in total. The van der Waals surface area contributed by atoms with E-state index < -0.39 is 17.4 Å². The Balaban J connectivity index is 2.07. The van der Waals surface area contributed by atoms with Gasteiger partial charge in [0.2, 0.25) is 5.78 Å². The molecular formula is C14H7ClF2N2O. The van der Waals surface area contributed by atoms with Gasteiger partial charge in [-0.1, -0.05) is 11.6 Å². The van der Waals surface area contributed by atoms with Crippen molar-refractivity contribution in [2.75, 3.05) is 0 Å². The first-order valence-corrected chi connectivity index (χ1v) is 6.06. The van der Waals surface area contributed by atoms with Gasteiger partial charge in [-0.2, -0.15) is 0 Å². The lowest BCUT2D eigenvalue weighted by molar-refractivity contribution is 0.103. The molecule has 0 saturated carbocycles. The van der Waals surface area contributed by atoms with Gasteiger partial charge in [-0.25, -0.2) is 13.8 Å². The maximum Gasteiger partial charge on any atom is 0.213 e. The average molecular weight is 293 g/mol. The van der Waals surface area contributed by atoms with Gasteiger partial charge in [-0.05, 0) is 24.3 Å². The Labute approximate surface area is 117 Å². The number of aromatic nitrogens is 2. The predicted octanol–water partition coefficient (Wildman–Crippen LogP) is 3.50. The van der Waals surface area contributed by atoms with Crippen molar-refractivity contribution in [2.45, 2.75) is 0 Å². The minimum atomic E-state index is -0.805. The number of hydrogen-bond donors (Lipinski definition) is 0. The molecule has 0 spiro atoms. The van der Waals surface area contributed by atoms with Crippen LogP contribution in [-0.2, 0) is 0 Å². The van der Waals surface area contributed by atoms with E-state index in [1.807, 2.05) is 0 Å². The highest BCUT2D eigenvalue weighted by atomic mass is 35.5. The molecule has 0 fully saturated rings. The van der Waals surface area contributed by atoms with Crippen molar-refractivity contribution >= 4 is 23.0 Å². The molecule has 0 atom stereocenters. The Hall–Kier alpha value is -2.27. The molecule has 0 bridgehead atoms. The van der Waals surface area contributed by atoms with E-state index in [2.05, 4.69) is 4.98 Å². The molecule has 0 aliphatic carbocycles. The Morgan fingerprint density at radius 1 is 1.10 bits per heavy atom. The molecule has 0 unspecified atom stereocenters. The van der Waals surface area contributed by atoms with E-state index in [1.165, 1.54) is 6.20 Å². The van der Waals surface area contributed by atoms with Gasteiger partial charge in [0.1, 0.15) is 23.0 Å². The Kier molecular flexibility index (Phi) is 2.99. The van der Waals surface area contributed by atoms with Gasteiger partial charge in [-0.15, -0.1) is 0 Å². The zero-order valence-corrected chi connectivity index (χ0v) is 10.7. The van der Waals surface area contributed by atoms with Crippen LogP contribution in [0.25, 0.3) is 5.65 Å². The molecule has 20 heavy (non-hydrogen) atoms. The van der Waals surface area contributed by atoms with E-state index in [1.54, 1.807) is 22.7 Å². The highest BCUT2D eigenvalue weighted by Crippen LogP contribution is 2.16. The van der Waals surface area contributed by atoms with Crippen molar-refractivity contribution < 1.29 is 13.6 Å². The monoisotopic (exact) mass is 292 g/mol. The van der Waals surface area contributed by atoms with Crippen LogP contribution in [0, 0.1) is 11.6 Å². The van der Waals surface area contributed by atoms with Crippen LogP contribution in [0.1, 0.15) is 16.1 Å². The van der Waals surface area contributed by atoms with Gasteiger partial charge in [0.15, 0.2) is 0 Å². The van der Waals surface area contributed by atoms with Crippen molar-refractivity contribution in [1.29, 1.82) is 0 Å². The molecule has 0 aliphatic heterocycles. The van der Waals surface area contributed by atoms with Crippen molar-refractivity contribution in [3.05, 3.63) is 70.6 Å². The summed E-state index contributed by atoms with van der Waals surface area (Å²) < 4.78 is 27.8. The molecule has 100 valence electrons. The van der Waals surface area contributed by atoms with Crippen LogP contribution >= 0.6 is 11.6 Å². The largest absolute Gasteiger partial charge is 0.305 e. The summed E-state index contributed by atoms with van der Waals surface area (Å²) in [6.07, 6.45) is 3.05. The Morgan fingerprint density at radius 2 is 1.80 bits per heavy atom. The first-order chi connectivity index (χ1) is 9.52. The molecule has 0 saturated heterocycles. The second-order valence-corrected chi connectivity index (χ2v) is 4.66. The highest BCUT2D eigenvalue weighted by molar-refractivity contribution is 6.30. The van der Waals surface area contributed by atoms with Crippen molar-refractivity contribution in [3.8, 4) is 0 Å². The lowest BCUT2D eigenvalue weighted by Gasteiger charge is -1.98. The normalized spacial score (nSPS) is 10.9. The number of fused-ring (bicyclic) bond motifs is 1. The molecule has 1 aromatic carbocycles. The number of nitrogens with zero attached hydrogens (tertiary/aromatic N) is 2. The van der Waals surface area contributed by atoms with Crippen LogP contribution in [0.4, 0.5) is 8.78 Å². The number of imidazole rings is 1. The number of pyridine rings is 1. The van der Waals surface area contributed by atoms with Gasteiger partial charge < -0.3 is 4.40 Å². The fourth-order valence-electron chi connectivity index (χ4n) is 1.91. The van der Waals surface area contributed by atoms with Gasteiger partial charge in [0.25, 0.3) is 0 Å². The summed E-state index contributed by atoms with van der Waals surface area (Å²) in [7, 11) is 0. The molecule has 3 aromatic rings. The molecule has 2 aromatic heterocycles. The van der Waals surface area contributed by atoms with Crippen LogP contribution < -0.4 is 0 Å². The van der Waals surface area contributed by atoms with Crippen molar-refractivity contribution in [3.63, 3.8) is 0 Å². The molecule has 0 N–H and O–H groups in total. The summed E-state index contributed by atoms with van der Waals surface area (Å²) in [6, 6.07) is 5.94. The van der Waals surface area contributed by atoms with Crippen LogP contribution in [0.2, 0.25) is 5.02 Å². The van der Waals surface area contributed by atoms with E-state index >= 15 is 0 Å². The number of carbonyl (C=O) groups is 1. The molecule has 6 heteroatoms. The second kappa shape index (κ2) is 4.68. The topological polar surface area (TPSA) is 34.4 Å². The summed E-state index contributed by atoms with van der Waals surface area (Å²) in [4.78, 5) is 16.3. The average Bonchev–Trinajstić information content (AvgIpc) is 2.79. The standard InChI is InChI=1S/C14H7ClF2N2O/c15-9-1-2-13-18-12(7-19(13)6-9)14(20)8-3-10(16)5-11(17)4-8/h1-7H. The van der Waals surface area contributed by atoms with E-state index in [-0.39, 0.29) is 11.3 Å². The molecule has 3 rings (SSSR count). The SMILES string of the molecule is O=C(c1cc(F)cc(F)c1)c1cn2cc(Cl)ccc2n1. The summed E-state index contributed by atoms with van der Waals surface area (Å²) in [5.74, 6) is -2.16. The zero-order valence-electron chi connectivity index (χ0n) is 9.98. The minimum absolute atomic E-state index is 0.0861. The molecule has 0 aliphatic rings. The number of carbonyl (C=O) groups excluding carboxylic acids is 1. The lowest BCUT2D eigenvalue weighted by atomic mass is 10.1. The van der Waals surface area contributed by atoms with Crippen molar-refractivity contribution in [1.82, 2.24) is 9.38 Å². The van der Waals surface area contributed by atoms with Crippen LogP contribution in [0.15, 0.2) is 42.7 Å². The lowest BCUT2D eigenvalue weighted by Crippen LogP contribution is -2.03. The summed E-state index contributed by atoms with van der Waals surface area (Å²) in [5.41, 5.74) is 0.531. The number of halogens is 3. The van der Waals surface area contributed by atoms with E-state index in [0.29, 0.717) is 16.7 Å². The van der Waals surface area contributed by atoms with Gasteiger partial charge in [0, 0.05) is 24.0 Å². The third-order valence-electron chi connectivity index (χ3n) is 2.77. The van der Waals surface area contributed by atoms with E-state index in [0.717, 1.165) is 12.1 Å². The number of ketones is 1. The smallest absolute Gasteiger partial charge is 0.213 e. The second-order valence-electron chi connectivity index (χ2n) is 4.23. The number of rotatable bonds is 2. The first-order valence-electron chi connectivity index (χ1n) is 5.68. The van der Waals surface area contributed by atoms with Crippen LogP contribution in [-0.4, -0.2) is 15.2 Å². The third kappa shape index (κ3) is 2.28. The van der Waals surface area contributed by atoms with Gasteiger partial charge >= 0.3 is 0 Å². The maximum absolute atomic E-state index is 13.1. The fraction of sp³-hybridized carbons (Fsp3) is 0. The third-order valence-corrected chi connectivity index (χ3v) is 3.00. The van der Waals surface area contributed by atoms with Gasteiger partial charge in [-0.3, -0.25) is 4.79 Å². The number of hydrogen-bond acceptors (Lipinski definition) is 2. The molecule has 0 amide bonds. The van der Waals surface area contributed by atoms with E-state index in [9.17, 15) is 13.6 Å². The van der Waals surface area contributed by atoms with Crippen LogP contribution in [0.3, 0.4) is 0 Å².